The van der Waals surface area contributed by atoms with Crippen LogP contribution in [0.25, 0.3) is 11.3 Å². The Balaban J connectivity index is 1.66. The maximum atomic E-state index is 11.6. The summed E-state index contributed by atoms with van der Waals surface area (Å²) in [6, 6.07) is 7.77. The van der Waals surface area contributed by atoms with E-state index < -0.39 is 0 Å². The molecule has 3 heterocycles. The molecule has 0 bridgehead atoms. The van der Waals surface area contributed by atoms with Crippen LogP contribution in [0, 0.1) is 5.41 Å². The van der Waals surface area contributed by atoms with Gasteiger partial charge in [-0.3, -0.25) is 14.9 Å². The number of hydrogen-bond acceptors (Lipinski definition) is 5. The zero-order valence-electron chi connectivity index (χ0n) is 17.0. The highest BCUT2D eigenvalue weighted by Crippen LogP contribution is 2.38. The van der Waals surface area contributed by atoms with Gasteiger partial charge in [-0.05, 0) is 48.4 Å². The number of rotatable bonds is 5. The minimum atomic E-state index is -0.154. The standard InChI is InChI=1S/C22H26N6O/c1-14(29)25-20-10-16(9-19(26-20)24-13-15-5-4-8-23-12-15)21-17-6-7-22(2,3)11-18(17)27-28-21/h4-5,8-10,12H,6-7,11,13H2,1-3H3,(H,27,28)(H2,24,25,26,29). The number of H-pyrrole nitrogens is 1. The summed E-state index contributed by atoms with van der Waals surface area (Å²) in [5.41, 5.74) is 5.69. The maximum absolute atomic E-state index is 11.6. The topological polar surface area (TPSA) is 95.6 Å². The predicted octanol–water partition coefficient (Wildman–Crippen LogP) is 3.95. The lowest BCUT2D eigenvalue weighted by atomic mass is 9.76. The first-order valence-electron chi connectivity index (χ1n) is 9.88. The summed E-state index contributed by atoms with van der Waals surface area (Å²) in [5, 5.41) is 14.0. The van der Waals surface area contributed by atoms with Crippen molar-refractivity contribution in [2.45, 2.75) is 46.6 Å². The first-order valence-corrected chi connectivity index (χ1v) is 9.88. The molecule has 1 aliphatic carbocycles. The fourth-order valence-corrected chi connectivity index (χ4v) is 3.78. The van der Waals surface area contributed by atoms with Gasteiger partial charge in [-0.1, -0.05) is 19.9 Å². The van der Waals surface area contributed by atoms with Crippen molar-refractivity contribution in [2.24, 2.45) is 5.41 Å². The molecule has 0 saturated heterocycles. The van der Waals surface area contributed by atoms with Crippen LogP contribution in [0.3, 0.4) is 0 Å². The lowest BCUT2D eigenvalue weighted by Gasteiger charge is -2.29. The second kappa shape index (κ2) is 7.66. The summed E-state index contributed by atoms with van der Waals surface area (Å²) in [6.07, 6.45) is 6.68. The van der Waals surface area contributed by atoms with E-state index in [2.05, 4.69) is 44.6 Å². The van der Waals surface area contributed by atoms with E-state index in [9.17, 15) is 4.79 Å². The number of nitrogens with one attached hydrogen (secondary N) is 3. The average Bonchev–Trinajstić information content (AvgIpc) is 3.08. The molecule has 0 radical (unpaired) electrons. The lowest BCUT2D eigenvalue weighted by molar-refractivity contribution is -0.114. The third-order valence-electron chi connectivity index (χ3n) is 5.26. The van der Waals surface area contributed by atoms with Gasteiger partial charge in [0.25, 0.3) is 0 Å². The highest BCUT2D eigenvalue weighted by atomic mass is 16.1. The average molecular weight is 390 g/mol. The monoisotopic (exact) mass is 390 g/mol. The molecule has 4 rings (SSSR count). The second-order valence-electron chi connectivity index (χ2n) is 8.39. The van der Waals surface area contributed by atoms with Crippen LogP contribution in [-0.4, -0.2) is 26.1 Å². The highest BCUT2D eigenvalue weighted by Gasteiger charge is 2.29. The van der Waals surface area contributed by atoms with Gasteiger partial charge in [0.1, 0.15) is 11.6 Å². The molecule has 1 aliphatic rings. The molecule has 0 aliphatic heterocycles. The Morgan fingerprint density at radius 3 is 2.86 bits per heavy atom. The minimum absolute atomic E-state index is 0.154. The van der Waals surface area contributed by atoms with Crippen molar-refractivity contribution >= 4 is 17.5 Å². The Labute approximate surface area is 170 Å². The number of nitrogens with zero attached hydrogens (tertiary/aromatic N) is 3. The maximum Gasteiger partial charge on any atom is 0.222 e. The molecule has 29 heavy (non-hydrogen) atoms. The molecule has 3 aromatic heterocycles. The third-order valence-corrected chi connectivity index (χ3v) is 5.26. The van der Waals surface area contributed by atoms with Crippen molar-refractivity contribution in [3.05, 3.63) is 53.5 Å². The van der Waals surface area contributed by atoms with Crippen molar-refractivity contribution in [3.8, 4) is 11.3 Å². The van der Waals surface area contributed by atoms with Gasteiger partial charge < -0.3 is 10.6 Å². The van der Waals surface area contributed by atoms with E-state index in [1.165, 1.54) is 18.2 Å². The fraction of sp³-hybridized carbons (Fsp3) is 0.364. The number of anilines is 2. The van der Waals surface area contributed by atoms with E-state index in [1.807, 2.05) is 30.5 Å². The number of carbonyl (C=O) groups is 1. The third kappa shape index (κ3) is 4.45. The van der Waals surface area contributed by atoms with Crippen molar-refractivity contribution in [1.29, 1.82) is 0 Å². The quantitative estimate of drug-likeness (QED) is 0.613. The molecular weight excluding hydrogens is 364 g/mol. The number of carbonyl (C=O) groups excluding carboxylic acids is 1. The first kappa shape index (κ1) is 19.1. The molecule has 3 aromatic rings. The van der Waals surface area contributed by atoms with E-state index >= 15 is 0 Å². The molecule has 0 unspecified atom stereocenters. The molecule has 3 N–H and O–H groups in total. The number of pyridine rings is 2. The Morgan fingerprint density at radius 1 is 1.28 bits per heavy atom. The van der Waals surface area contributed by atoms with Crippen molar-refractivity contribution < 1.29 is 4.79 Å². The Bertz CT molecular complexity index is 1030. The molecule has 150 valence electrons. The summed E-state index contributed by atoms with van der Waals surface area (Å²) in [4.78, 5) is 20.3. The van der Waals surface area contributed by atoms with Crippen LogP contribution in [-0.2, 0) is 24.2 Å². The van der Waals surface area contributed by atoms with Gasteiger partial charge in [-0.15, -0.1) is 0 Å². The van der Waals surface area contributed by atoms with Gasteiger partial charge in [-0.2, -0.15) is 5.10 Å². The Hall–Kier alpha value is -3.22. The van der Waals surface area contributed by atoms with Gasteiger partial charge in [0.2, 0.25) is 5.91 Å². The van der Waals surface area contributed by atoms with Crippen molar-refractivity contribution in [3.63, 3.8) is 0 Å². The van der Waals surface area contributed by atoms with Crippen LogP contribution < -0.4 is 10.6 Å². The molecule has 7 nitrogen and oxygen atoms in total. The number of aromatic amines is 1. The van der Waals surface area contributed by atoms with Crippen molar-refractivity contribution in [1.82, 2.24) is 20.2 Å². The number of amides is 1. The van der Waals surface area contributed by atoms with E-state index in [1.54, 1.807) is 6.20 Å². The van der Waals surface area contributed by atoms with Gasteiger partial charge in [0, 0.05) is 42.7 Å². The summed E-state index contributed by atoms with van der Waals surface area (Å²) >= 11 is 0. The van der Waals surface area contributed by atoms with Crippen LogP contribution in [0.5, 0.6) is 0 Å². The van der Waals surface area contributed by atoms with Gasteiger partial charge >= 0.3 is 0 Å². The molecule has 1 amide bonds. The van der Waals surface area contributed by atoms with Crippen LogP contribution >= 0.6 is 0 Å². The Morgan fingerprint density at radius 2 is 2.10 bits per heavy atom. The summed E-state index contributed by atoms with van der Waals surface area (Å²) in [5.74, 6) is 1.04. The number of aromatic nitrogens is 4. The van der Waals surface area contributed by atoms with E-state index in [0.717, 1.165) is 36.1 Å². The van der Waals surface area contributed by atoms with E-state index in [-0.39, 0.29) is 11.3 Å². The second-order valence-corrected chi connectivity index (χ2v) is 8.39. The fourth-order valence-electron chi connectivity index (χ4n) is 3.78. The van der Waals surface area contributed by atoms with Gasteiger partial charge in [-0.25, -0.2) is 4.98 Å². The molecule has 7 heteroatoms. The van der Waals surface area contributed by atoms with Crippen LogP contribution in [0.15, 0.2) is 36.7 Å². The molecule has 0 atom stereocenters. The molecule has 0 spiro atoms. The zero-order valence-corrected chi connectivity index (χ0v) is 17.0. The summed E-state index contributed by atoms with van der Waals surface area (Å²) < 4.78 is 0. The van der Waals surface area contributed by atoms with Crippen LogP contribution in [0.1, 0.15) is 44.0 Å². The van der Waals surface area contributed by atoms with Crippen LogP contribution in [0.4, 0.5) is 11.6 Å². The largest absolute Gasteiger partial charge is 0.366 e. The molecule has 0 saturated carbocycles. The minimum Gasteiger partial charge on any atom is -0.366 e. The number of hydrogen-bond donors (Lipinski definition) is 3. The van der Waals surface area contributed by atoms with E-state index in [0.29, 0.717) is 18.2 Å². The van der Waals surface area contributed by atoms with Crippen LogP contribution in [0.2, 0.25) is 0 Å². The van der Waals surface area contributed by atoms with E-state index in [4.69, 9.17) is 0 Å². The van der Waals surface area contributed by atoms with Crippen molar-refractivity contribution in [2.75, 3.05) is 10.6 Å². The lowest BCUT2D eigenvalue weighted by Crippen LogP contribution is -2.21. The SMILES string of the molecule is CC(=O)Nc1cc(-c2n[nH]c3c2CCC(C)(C)C3)cc(NCc2cccnc2)n1. The van der Waals surface area contributed by atoms with Gasteiger partial charge in [0.15, 0.2) is 0 Å². The highest BCUT2D eigenvalue weighted by molar-refractivity contribution is 5.88. The van der Waals surface area contributed by atoms with Gasteiger partial charge in [0.05, 0.1) is 5.69 Å². The molecule has 0 fully saturated rings. The first-order chi connectivity index (χ1) is 13.9. The smallest absolute Gasteiger partial charge is 0.222 e. The molecule has 0 aromatic carbocycles. The summed E-state index contributed by atoms with van der Waals surface area (Å²) in [7, 11) is 0. The predicted molar refractivity (Wildman–Crippen MR) is 113 cm³/mol. The number of fused-ring (bicyclic) bond motifs is 1. The molecular formula is C22H26N6O. The normalized spacial score (nSPS) is 14.9. The zero-order chi connectivity index (χ0) is 20.4. The summed E-state index contributed by atoms with van der Waals surface area (Å²) in [6.45, 7) is 6.66. The Kier molecular flexibility index (Phi) is 5.05.